The Labute approximate surface area is 251 Å². The number of cyclic esters (lactones) is 1. The number of hydrogen-bond donors (Lipinski definition) is 2. The normalized spacial score (nSPS) is 18.5. The van der Waals surface area contributed by atoms with E-state index in [4.69, 9.17) is 21.1 Å². The molecule has 12 nitrogen and oxygen atoms in total. The second-order valence-corrected chi connectivity index (χ2v) is 11.2. The molecule has 4 rings (SSSR count). The average Bonchev–Trinajstić information content (AvgIpc) is 3.53. The standard InChI is InChI=1S/C26H29ClN4O8S.ClH/c1-16(2)26(24(35)36,28-9-11-32)31(23(34)20-7-8-21(27)40-20)14-19-13-30(25(37)39-19)18-5-3-17(4-6-18)29-10-12-38-15-22(29)33;/h3-8,11,16,19,28H,9-10,12-15H2,1-2H3,(H,35,36);1H/t19-,26-;/m1./s1. The number of carbonyl (C=O) groups excluding carboxylic acids is 4. The van der Waals surface area contributed by atoms with E-state index in [1.165, 1.54) is 17.0 Å². The first-order chi connectivity index (χ1) is 19.1. The van der Waals surface area contributed by atoms with Crippen LogP contribution >= 0.6 is 35.3 Å². The topological polar surface area (TPSA) is 146 Å². The summed E-state index contributed by atoms with van der Waals surface area (Å²) in [6.07, 6.45) is -1.04. The maximum absolute atomic E-state index is 13.7. The highest BCUT2D eigenvalue weighted by Gasteiger charge is 2.51. The molecule has 0 bridgehead atoms. The Bertz CT molecular complexity index is 1290. The number of rotatable bonds is 11. The second kappa shape index (κ2) is 13.6. The number of nitrogens with zero attached hydrogens (tertiary/aromatic N) is 3. The van der Waals surface area contributed by atoms with Crippen LogP contribution in [0.15, 0.2) is 36.4 Å². The van der Waals surface area contributed by atoms with Crippen LogP contribution in [0.2, 0.25) is 4.34 Å². The number of ether oxygens (including phenoxy) is 2. The van der Waals surface area contributed by atoms with Crippen LogP contribution in [0, 0.1) is 5.92 Å². The molecule has 0 radical (unpaired) electrons. The molecule has 1 aromatic heterocycles. The van der Waals surface area contributed by atoms with Gasteiger partial charge in [0, 0.05) is 23.8 Å². The summed E-state index contributed by atoms with van der Waals surface area (Å²) in [5.74, 6) is -2.85. The van der Waals surface area contributed by atoms with Crippen molar-refractivity contribution in [2.75, 3.05) is 49.2 Å². The fraction of sp³-hybridized carbons (Fsp3) is 0.423. The number of anilines is 2. The van der Waals surface area contributed by atoms with Gasteiger partial charge >= 0.3 is 12.1 Å². The van der Waals surface area contributed by atoms with E-state index in [1.54, 1.807) is 43.0 Å². The minimum absolute atomic E-state index is 0. The van der Waals surface area contributed by atoms with Gasteiger partial charge < -0.3 is 29.2 Å². The number of aliphatic carboxylic acids is 1. The number of hydrogen-bond acceptors (Lipinski definition) is 9. The Hall–Kier alpha value is -3.23. The van der Waals surface area contributed by atoms with E-state index < -0.39 is 35.7 Å². The van der Waals surface area contributed by atoms with Crippen LogP contribution in [0.3, 0.4) is 0 Å². The van der Waals surface area contributed by atoms with Gasteiger partial charge in [-0.05, 0) is 36.4 Å². The van der Waals surface area contributed by atoms with Gasteiger partial charge in [-0.3, -0.25) is 19.8 Å². The molecule has 2 N–H and O–H groups in total. The van der Waals surface area contributed by atoms with E-state index in [-0.39, 0.29) is 49.4 Å². The molecule has 2 aromatic rings. The van der Waals surface area contributed by atoms with Gasteiger partial charge in [0.2, 0.25) is 0 Å². The van der Waals surface area contributed by atoms with Crippen molar-refractivity contribution < 1.29 is 38.6 Å². The Balaban J connectivity index is 0.00000462. The average molecular weight is 630 g/mol. The maximum atomic E-state index is 13.7. The summed E-state index contributed by atoms with van der Waals surface area (Å²) >= 11 is 7.03. The highest BCUT2D eigenvalue weighted by Crippen LogP contribution is 2.32. The molecule has 0 saturated carbocycles. The Kier molecular flexibility index (Phi) is 10.7. The number of nitrogens with one attached hydrogen (secondary N) is 1. The molecule has 222 valence electrons. The summed E-state index contributed by atoms with van der Waals surface area (Å²) in [5.41, 5.74) is -0.815. The Morgan fingerprint density at radius 1 is 1.20 bits per heavy atom. The Morgan fingerprint density at radius 3 is 2.39 bits per heavy atom. The monoisotopic (exact) mass is 628 g/mol. The zero-order valence-corrected chi connectivity index (χ0v) is 24.7. The molecule has 41 heavy (non-hydrogen) atoms. The minimum Gasteiger partial charge on any atom is -0.478 e. The van der Waals surface area contributed by atoms with E-state index in [9.17, 15) is 29.1 Å². The first kappa shape index (κ1) is 32.3. The molecular formula is C26H30Cl2N4O8S. The van der Waals surface area contributed by atoms with Gasteiger partial charge in [0.1, 0.15) is 19.0 Å². The van der Waals surface area contributed by atoms with Crippen molar-refractivity contribution in [2.24, 2.45) is 5.92 Å². The zero-order valence-electron chi connectivity index (χ0n) is 22.3. The van der Waals surface area contributed by atoms with Crippen molar-refractivity contribution >= 4 is 76.9 Å². The molecule has 2 aliphatic heterocycles. The summed E-state index contributed by atoms with van der Waals surface area (Å²) < 4.78 is 11.1. The van der Waals surface area contributed by atoms with E-state index in [0.717, 1.165) is 16.2 Å². The number of carbonyl (C=O) groups is 5. The molecule has 15 heteroatoms. The van der Waals surface area contributed by atoms with Crippen LogP contribution < -0.4 is 15.1 Å². The Morgan fingerprint density at radius 2 is 1.85 bits per heavy atom. The summed E-state index contributed by atoms with van der Waals surface area (Å²) in [6, 6.07) is 9.81. The smallest absolute Gasteiger partial charge is 0.414 e. The van der Waals surface area contributed by atoms with Crippen LogP contribution in [0.25, 0.3) is 0 Å². The molecule has 2 saturated heterocycles. The SMILES string of the molecule is CC(C)[C@](NCC=O)(C(=O)O)N(C[C@H]1CN(c2ccc(N3CCOCC3=O)cc2)C(=O)O1)C(=O)c1ccc(Cl)s1.Cl. The molecule has 0 unspecified atom stereocenters. The predicted octanol–water partition coefficient (Wildman–Crippen LogP) is 2.88. The van der Waals surface area contributed by atoms with Crippen molar-refractivity contribution in [1.82, 2.24) is 10.2 Å². The van der Waals surface area contributed by atoms with Crippen molar-refractivity contribution in [3.8, 4) is 0 Å². The van der Waals surface area contributed by atoms with Crippen molar-refractivity contribution in [1.29, 1.82) is 0 Å². The van der Waals surface area contributed by atoms with E-state index in [0.29, 0.717) is 35.1 Å². The van der Waals surface area contributed by atoms with Crippen LogP contribution in [-0.4, -0.2) is 91.3 Å². The third kappa shape index (κ3) is 6.65. The molecule has 0 spiro atoms. The van der Waals surface area contributed by atoms with Gasteiger partial charge in [-0.25, -0.2) is 9.59 Å². The van der Waals surface area contributed by atoms with Crippen molar-refractivity contribution in [3.05, 3.63) is 45.6 Å². The highest BCUT2D eigenvalue weighted by atomic mass is 35.5. The van der Waals surface area contributed by atoms with E-state index in [2.05, 4.69) is 5.32 Å². The minimum atomic E-state index is -1.99. The largest absolute Gasteiger partial charge is 0.478 e. The van der Waals surface area contributed by atoms with Gasteiger partial charge in [0.25, 0.3) is 11.8 Å². The lowest BCUT2D eigenvalue weighted by molar-refractivity contribution is -0.157. The molecule has 2 fully saturated rings. The lowest BCUT2D eigenvalue weighted by Gasteiger charge is -2.44. The number of amides is 3. The third-order valence-corrected chi connectivity index (χ3v) is 8.01. The number of thiophene rings is 1. The van der Waals surface area contributed by atoms with Gasteiger partial charge in [-0.15, -0.1) is 23.7 Å². The number of morpholine rings is 1. The maximum Gasteiger partial charge on any atom is 0.414 e. The molecule has 3 amide bonds. The molecule has 0 aliphatic carbocycles. The van der Waals surface area contributed by atoms with Crippen LogP contribution in [-0.2, 0) is 23.9 Å². The van der Waals surface area contributed by atoms with Gasteiger partial charge in [0.15, 0.2) is 5.66 Å². The number of benzene rings is 1. The molecule has 2 aliphatic rings. The van der Waals surface area contributed by atoms with Crippen molar-refractivity contribution in [2.45, 2.75) is 25.6 Å². The lowest BCUT2D eigenvalue weighted by Crippen LogP contribution is -2.70. The molecule has 1 aromatic carbocycles. The van der Waals surface area contributed by atoms with Gasteiger partial charge in [0.05, 0.1) is 35.5 Å². The van der Waals surface area contributed by atoms with Gasteiger partial charge in [-0.2, -0.15) is 0 Å². The van der Waals surface area contributed by atoms with E-state index in [1.807, 2.05) is 0 Å². The molecule has 3 heterocycles. The predicted molar refractivity (Wildman–Crippen MR) is 154 cm³/mol. The summed E-state index contributed by atoms with van der Waals surface area (Å²) in [5, 5.41) is 13.1. The molecular weight excluding hydrogens is 599 g/mol. The lowest BCUT2D eigenvalue weighted by atomic mass is 9.92. The number of carboxylic acids is 1. The molecule has 2 atom stereocenters. The number of carboxylic acid groups (broad SMARTS) is 1. The van der Waals surface area contributed by atoms with Crippen LogP contribution in [0.1, 0.15) is 23.5 Å². The van der Waals surface area contributed by atoms with Gasteiger partial charge in [-0.1, -0.05) is 25.4 Å². The van der Waals surface area contributed by atoms with Crippen LogP contribution in [0.5, 0.6) is 0 Å². The third-order valence-electron chi connectivity index (χ3n) is 6.79. The van der Waals surface area contributed by atoms with E-state index >= 15 is 0 Å². The second-order valence-electron chi connectivity index (χ2n) is 9.52. The first-order valence-electron chi connectivity index (χ1n) is 12.5. The number of halogens is 2. The first-order valence-corrected chi connectivity index (χ1v) is 13.7. The van der Waals surface area contributed by atoms with Crippen LogP contribution in [0.4, 0.5) is 16.2 Å². The number of aldehydes is 1. The summed E-state index contributed by atoms with van der Waals surface area (Å²) in [6.45, 7) is 3.51. The quantitative estimate of drug-likeness (QED) is 0.283. The highest BCUT2D eigenvalue weighted by molar-refractivity contribution is 7.18. The van der Waals surface area contributed by atoms with Crippen molar-refractivity contribution in [3.63, 3.8) is 0 Å². The summed E-state index contributed by atoms with van der Waals surface area (Å²) in [7, 11) is 0. The zero-order chi connectivity index (χ0) is 29.0. The fourth-order valence-electron chi connectivity index (χ4n) is 4.83. The fourth-order valence-corrected chi connectivity index (χ4v) is 5.82. The summed E-state index contributed by atoms with van der Waals surface area (Å²) in [4.78, 5) is 66.9.